The molecule has 1 amide bonds. The topological polar surface area (TPSA) is 87.3 Å². The SMILES string of the molecule is CC(C)OC(=O)NC1Cc2c(n(Cc3cc(F)ccc3O)c3ccc(C#N)cc23)C1. The first-order valence-corrected chi connectivity index (χ1v) is 9.84. The first-order chi connectivity index (χ1) is 14.4. The molecule has 2 N–H and O–H groups in total. The van der Waals surface area contributed by atoms with Crippen molar-refractivity contribution in [3.8, 4) is 11.8 Å². The average molecular weight is 407 g/mol. The minimum Gasteiger partial charge on any atom is -0.508 e. The molecule has 1 aromatic heterocycles. The van der Waals surface area contributed by atoms with Gasteiger partial charge in [-0.2, -0.15) is 5.26 Å². The highest BCUT2D eigenvalue weighted by atomic mass is 19.1. The Bertz CT molecular complexity index is 1180. The third kappa shape index (κ3) is 3.69. The molecule has 7 heteroatoms. The van der Waals surface area contributed by atoms with Crippen LogP contribution in [0.5, 0.6) is 5.75 Å². The number of phenolic OH excluding ortho intramolecular Hbond substituents is 1. The van der Waals surface area contributed by atoms with Gasteiger partial charge >= 0.3 is 6.09 Å². The number of phenols is 1. The van der Waals surface area contributed by atoms with Crippen molar-refractivity contribution in [2.24, 2.45) is 0 Å². The second kappa shape index (κ2) is 7.71. The quantitative estimate of drug-likeness (QED) is 0.684. The van der Waals surface area contributed by atoms with E-state index in [2.05, 4.69) is 11.4 Å². The maximum absolute atomic E-state index is 13.8. The molecular formula is C23H22FN3O3. The molecule has 1 aliphatic carbocycles. The number of ether oxygens (including phenoxy) is 1. The zero-order chi connectivity index (χ0) is 21.4. The third-order valence-corrected chi connectivity index (χ3v) is 5.34. The zero-order valence-electron chi connectivity index (χ0n) is 16.8. The summed E-state index contributed by atoms with van der Waals surface area (Å²) in [5.74, 6) is -0.396. The van der Waals surface area contributed by atoms with Crippen molar-refractivity contribution >= 4 is 17.0 Å². The highest BCUT2D eigenvalue weighted by Crippen LogP contribution is 2.35. The number of carbonyl (C=O) groups excluding carboxylic acids is 1. The molecule has 0 radical (unpaired) electrons. The van der Waals surface area contributed by atoms with Crippen LogP contribution in [0.15, 0.2) is 36.4 Å². The van der Waals surface area contributed by atoms with Crippen LogP contribution in [0.1, 0.15) is 36.2 Å². The number of amides is 1. The molecule has 1 aliphatic rings. The van der Waals surface area contributed by atoms with E-state index in [-0.39, 0.29) is 24.4 Å². The van der Waals surface area contributed by atoms with E-state index in [0.29, 0.717) is 24.0 Å². The molecule has 4 rings (SSSR count). The fourth-order valence-electron chi connectivity index (χ4n) is 4.11. The number of alkyl carbamates (subject to hydrolysis) is 1. The van der Waals surface area contributed by atoms with E-state index in [1.165, 1.54) is 18.2 Å². The van der Waals surface area contributed by atoms with Gasteiger partial charge in [0, 0.05) is 34.6 Å². The van der Waals surface area contributed by atoms with Gasteiger partial charge in [-0.1, -0.05) is 0 Å². The Kier molecular flexibility index (Phi) is 5.08. The molecule has 1 atom stereocenters. The number of benzene rings is 2. The Hall–Kier alpha value is -3.53. The van der Waals surface area contributed by atoms with Gasteiger partial charge in [-0.15, -0.1) is 0 Å². The number of rotatable bonds is 4. The molecule has 30 heavy (non-hydrogen) atoms. The van der Waals surface area contributed by atoms with Crippen LogP contribution in [0.3, 0.4) is 0 Å². The predicted octanol–water partition coefficient (Wildman–Crippen LogP) is 4.01. The van der Waals surface area contributed by atoms with Crippen LogP contribution >= 0.6 is 0 Å². The largest absolute Gasteiger partial charge is 0.508 e. The predicted molar refractivity (Wildman–Crippen MR) is 110 cm³/mol. The van der Waals surface area contributed by atoms with Crippen molar-refractivity contribution in [3.05, 3.63) is 64.6 Å². The Balaban J connectivity index is 1.73. The van der Waals surface area contributed by atoms with Crippen LogP contribution in [-0.2, 0) is 24.1 Å². The highest BCUT2D eigenvalue weighted by molar-refractivity contribution is 5.88. The van der Waals surface area contributed by atoms with Crippen molar-refractivity contribution in [1.82, 2.24) is 9.88 Å². The number of aromatic hydroxyl groups is 1. The molecule has 1 heterocycles. The summed E-state index contributed by atoms with van der Waals surface area (Å²) in [6.07, 6.45) is 0.514. The standard InChI is InChI=1S/C23H22FN3O3/c1-13(2)30-23(29)26-17-9-19-18-7-14(11-25)3-5-20(18)27(21(19)10-17)12-15-8-16(24)4-6-22(15)28/h3-8,13,17,28H,9-10,12H2,1-2H3,(H,26,29). The van der Waals surface area contributed by atoms with Crippen molar-refractivity contribution in [2.75, 3.05) is 0 Å². The van der Waals surface area contributed by atoms with Crippen LogP contribution in [0.25, 0.3) is 10.9 Å². The van der Waals surface area contributed by atoms with Crippen LogP contribution < -0.4 is 5.32 Å². The highest BCUT2D eigenvalue weighted by Gasteiger charge is 2.30. The first-order valence-electron chi connectivity index (χ1n) is 9.84. The first kappa shape index (κ1) is 19.8. The number of hydrogen-bond donors (Lipinski definition) is 2. The maximum Gasteiger partial charge on any atom is 0.407 e. The second-order valence-corrected chi connectivity index (χ2v) is 7.83. The molecule has 1 unspecified atom stereocenters. The Labute approximate surface area is 173 Å². The van der Waals surface area contributed by atoms with E-state index in [1.807, 2.05) is 16.7 Å². The van der Waals surface area contributed by atoms with Crippen molar-refractivity contribution in [3.63, 3.8) is 0 Å². The van der Waals surface area contributed by atoms with Crippen molar-refractivity contribution in [1.29, 1.82) is 5.26 Å². The summed E-state index contributed by atoms with van der Waals surface area (Å²) in [4.78, 5) is 12.0. The van der Waals surface area contributed by atoms with Crippen LogP contribution in [0.2, 0.25) is 0 Å². The monoisotopic (exact) mass is 407 g/mol. The summed E-state index contributed by atoms with van der Waals surface area (Å²) in [6.45, 7) is 3.86. The van der Waals surface area contributed by atoms with Gasteiger partial charge in [0.15, 0.2) is 0 Å². The molecular weight excluding hydrogens is 385 g/mol. The van der Waals surface area contributed by atoms with E-state index >= 15 is 0 Å². The van der Waals surface area contributed by atoms with Crippen molar-refractivity contribution < 1.29 is 19.0 Å². The van der Waals surface area contributed by atoms with E-state index in [4.69, 9.17) is 4.74 Å². The third-order valence-electron chi connectivity index (χ3n) is 5.34. The lowest BCUT2D eigenvalue weighted by molar-refractivity contribution is 0.112. The number of carbonyl (C=O) groups is 1. The molecule has 0 spiro atoms. The second-order valence-electron chi connectivity index (χ2n) is 7.83. The average Bonchev–Trinajstić information content (AvgIpc) is 3.21. The lowest BCUT2D eigenvalue weighted by atomic mass is 10.1. The van der Waals surface area contributed by atoms with Gasteiger partial charge in [0.05, 0.1) is 24.3 Å². The van der Waals surface area contributed by atoms with E-state index in [9.17, 15) is 19.6 Å². The number of nitrogens with zero attached hydrogens (tertiary/aromatic N) is 2. The van der Waals surface area contributed by atoms with E-state index in [0.717, 1.165) is 22.2 Å². The Morgan fingerprint density at radius 2 is 2.13 bits per heavy atom. The molecule has 0 saturated heterocycles. The molecule has 6 nitrogen and oxygen atoms in total. The molecule has 0 saturated carbocycles. The molecule has 154 valence electrons. The number of fused-ring (bicyclic) bond motifs is 3. The number of aromatic nitrogens is 1. The molecule has 2 aromatic carbocycles. The number of nitriles is 1. The van der Waals surface area contributed by atoms with Crippen molar-refractivity contribution in [2.45, 2.75) is 45.4 Å². The molecule has 0 fully saturated rings. The molecule has 0 aliphatic heterocycles. The summed E-state index contributed by atoms with van der Waals surface area (Å²) in [5, 5.41) is 23.3. The number of hydrogen-bond acceptors (Lipinski definition) is 4. The van der Waals surface area contributed by atoms with Crippen LogP contribution in [0.4, 0.5) is 9.18 Å². The van der Waals surface area contributed by atoms with Gasteiger partial charge < -0.3 is 19.7 Å². The summed E-state index contributed by atoms with van der Waals surface area (Å²) in [6, 6.07) is 11.4. The lowest BCUT2D eigenvalue weighted by Gasteiger charge is -2.16. The molecule has 0 bridgehead atoms. The minimum absolute atomic E-state index is 0.0221. The summed E-state index contributed by atoms with van der Waals surface area (Å²) < 4.78 is 21.0. The fourth-order valence-corrected chi connectivity index (χ4v) is 4.11. The Morgan fingerprint density at radius 3 is 2.87 bits per heavy atom. The Morgan fingerprint density at radius 1 is 1.33 bits per heavy atom. The van der Waals surface area contributed by atoms with Gasteiger partial charge in [-0.3, -0.25) is 0 Å². The summed E-state index contributed by atoms with van der Waals surface area (Å²) in [7, 11) is 0. The normalized spacial score (nSPS) is 15.2. The van der Waals surface area contributed by atoms with Gasteiger partial charge in [-0.05, 0) is 62.2 Å². The van der Waals surface area contributed by atoms with E-state index < -0.39 is 11.9 Å². The van der Waals surface area contributed by atoms with E-state index in [1.54, 1.807) is 19.9 Å². The van der Waals surface area contributed by atoms with Crippen LogP contribution in [0, 0.1) is 17.1 Å². The maximum atomic E-state index is 13.8. The van der Waals surface area contributed by atoms with Gasteiger partial charge in [-0.25, -0.2) is 9.18 Å². The van der Waals surface area contributed by atoms with Gasteiger partial charge in [0.1, 0.15) is 11.6 Å². The number of halogens is 1. The fraction of sp³-hybridized carbons (Fsp3) is 0.304. The van der Waals surface area contributed by atoms with Crippen LogP contribution in [-0.4, -0.2) is 27.9 Å². The lowest BCUT2D eigenvalue weighted by Crippen LogP contribution is -2.37. The summed E-state index contributed by atoms with van der Waals surface area (Å²) in [5.41, 5.74) is 3.97. The smallest absolute Gasteiger partial charge is 0.407 e. The minimum atomic E-state index is -0.462. The molecule has 3 aromatic rings. The van der Waals surface area contributed by atoms with Gasteiger partial charge in [0.2, 0.25) is 0 Å². The zero-order valence-corrected chi connectivity index (χ0v) is 16.8. The summed E-state index contributed by atoms with van der Waals surface area (Å²) >= 11 is 0. The number of nitrogens with one attached hydrogen (secondary N) is 1. The van der Waals surface area contributed by atoms with Gasteiger partial charge in [0.25, 0.3) is 0 Å².